The van der Waals surface area contributed by atoms with Gasteiger partial charge in [-0.3, -0.25) is 9.59 Å². The van der Waals surface area contributed by atoms with Crippen molar-refractivity contribution in [3.8, 4) is 17.0 Å². The van der Waals surface area contributed by atoms with Gasteiger partial charge in [0.15, 0.2) is 0 Å². The van der Waals surface area contributed by atoms with Crippen molar-refractivity contribution >= 4 is 11.6 Å². The highest BCUT2D eigenvalue weighted by atomic mass is 16.5. The number of benzene rings is 2. The van der Waals surface area contributed by atoms with Gasteiger partial charge in [0.2, 0.25) is 5.91 Å². The van der Waals surface area contributed by atoms with Gasteiger partial charge in [0.25, 0.3) is 5.56 Å². The molecule has 0 aliphatic carbocycles. The van der Waals surface area contributed by atoms with Crippen molar-refractivity contribution in [2.24, 2.45) is 0 Å². The lowest BCUT2D eigenvalue weighted by Crippen LogP contribution is -2.29. The Hall–Kier alpha value is -3.41. The Morgan fingerprint density at radius 2 is 1.74 bits per heavy atom. The van der Waals surface area contributed by atoms with Crippen molar-refractivity contribution < 1.29 is 9.53 Å². The standard InChI is InChI=1S/C21H21N3O3/c1-3-27-18-10-8-17(9-11-18)22-20(25)14-24-21(26)13-12-19(23-24)16-6-4-15(2)5-7-16/h4-13H,3,14H2,1-2H3,(H,22,25). The Kier molecular flexibility index (Phi) is 5.66. The van der Waals surface area contributed by atoms with Crippen LogP contribution in [0.2, 0.25) is 0 Å². The molecule has 1 N–H and O–H groups in total. The minimum Gasteiger partial charge on any atom is -0.494 e. The Morgan fingerprint density at radius 3 is 2.41 bits per heavy atom. The summed E-state index contributed by atoms with van der Waals surface area (Å²) in [7, 11) is 0. The number of amides is 1. The van der Waals surface area contributed by atoms with Gasteiger partial charge in [-0.15, -0.1) is 0 Å². The van der Waals surface area contributed by atoms with Gasteiger partial charge in [-0.2, -0.15) is 5.10 Å². The van der Waals surface area contributed by atoms with Gasteiger partial charge >= 0.3 is 0 Å². The van der Waals surface area contributed by atoms with Crippen molar-refractivity contribution in [3.63, 3.8) is 0 Å². The molecule has 1 amide bonds. The number of anilines is 1. The van der Waals surface area contributed by atoms with Crippen LogP contribution in [-0.2, 0) is 11.3 Å². The third-order valence-electron chi connectivity index (χ3n) is 3.96. The van der Waals surface area contributed by atoms with Gasteiger partial charge < -0.3 is 10.1 Å². The number of aromatic nitrogens is 2. The number of aryl methyl sites for hydroxylation is 1. The fourth-order valence-electron chi connectivity index (χ4n) is 2.58. The molecule has 0 spiro atoms. The van der Waals surface area contributed by atoms with Gasteiger partial charge in [0, 0.05) is 17.3 Å². The number of carbonyl (C=O) groups is 1. The topological polar surface area (TPSA) is 73.2 Å². The van der Waals surface area contributed by atoms with E-state index in [2.05, 4.69) is 10.4 Å². The van der Waals surface area contributed by atoms with Crippen LogP contribution in [0.3, 0.4) is 0 Å². The summed E-state index contributed by atoms with van der Waals surface area (Å²) in [6.45, 7) is 4.33. The number of carbonyl (C=O) groups excluding carboxylic acids is 1. The molecule has 3 aromatic rings. The molecule has 138 valence electrons. The van der Waals surface area contributed by atoms with Crippen LogP contribution in [0.4, 0.5) is 5.69 Å². The van der Waals surface area contributed by atoms with Gasteiger partial charge in [-0.1, -0.05) is 29.8 Å². The molecule has 0 saturated heterocycles. The first-order valence-corrected chi connectivity index (χ1v) is 8.73. The molecule has 0 atom stereocenters. The largest absolute Gasteiger partial charge is 0.494 e. The minimum absolute atomic E-state index is 0.161. The van der Waals surface area contributed by atoms with Crippen LogP contribution < -0.4 is 15.6 Å². The van der Waals surface area contributed by atoms with Crippen molar-refractivity contribution in [2.75, 3.05) is 11.9 Å². The molecule has 0 aliphatic rings. The van der Waals surface area contributed by atoms with Crippen molar-refractivity contribution in [1.82, 2.24) is 9.78 Å². The van der Waals surface area contributed by atoms with Crippen LogP contribution in [0.15, 0.2) is 65.5 Å². The highest BCUT2D eigenvalue weighted by Gasteiger charge is 2.09. The second-order valence-corrected chi connectivity index (χ2v) is 6.09. The average molecular weight is 363 g/mol. The summed E-state index contributed by atoms with van der Waals surface area (Å²) < 4.78 is 6.54. The van der Waals surface area contributed by atoms with Gasteiger partial charge in [-0.25, -0.2) is 4.68 Å². The summed E-state index contributed by atoms with van der Waals surface area (Å²) in [6.07, 6.45) is 0. The van der Waals surface area contributed by atoms with Gasteiger partial charge in [-0.05, 0) is 44.2 Å². The molecule has 1 aromatic heterocycles. The first kappa shape index (κ1) is 18.4. The van der Waals surface area contributed by atoms with E-state index < -0.39 is 0 Å². The normalized spacial score (nSPS) is 10.4. The van der Waals surface area contributed by atoms with E-state index in [-0.39, 0.29) is 18.0 Å². The van der Waals surface area contributed by atoms with Crippen molar-refractivity contribution in [1.29, 1.82) is 0 Å². The lowest BCUT2D eigenvalue weighted by Gasteiger charge is -2.09. The first-order valence-electron chi connectivity index (χ1n) is 8.73. The number of rotatable bonds is 6. The number of nitrogens with zero attached hydrogens (tertiary/aromatic N) is 2. The molecular weight excluding hydrogens is 342 g/mol. The summed E-state index contributed by atoms with van der Waals surface area (Å²) in [6, 6.07) is 18.0. The molecule has 6 nitrogen and oxygen atoms in total. The predicted octanol–water partition coefficient (Wildman–Crippen LogP) is 3.26. The Bertz CT molecular complexity index is 977. The Balaban J connectivity index is 1.72. The van der Waals surface area contributed by atoms with Gasteiger partial charge in [0.1, 0.15) is 12.3 Å². The van der Waals surface area contributed by atoms with E-state index in [1.165, 1.54) is 10.7 Å². The summed E-state index contributed by atoms with van der Waals surface area (Å²) in [4.78, 5) is 24.4. The fourth-order valence-corrected chi connectivity index (χ4v) is 2.58. The zero-order valence-corrected chi connectivity index (χ0v) is 15.3. The van der Waals surface area contributed by atoms with Crippen LogP contribution in [0.1, 0.15) is 12.5 Å². The molecule has 1 heterocycles. The third-order valence-corrected chi connectivity index (χ3v) is 3.96. The SMILES string of the molecule is CCOc1ccc(NC(=O)Cn2nc(-c3ccc(C)cc3)ccc2=O)cc1. The summed E-state index contributed by atoms with van der Waals surface area (Å²) in [5, 5.41) is 7.08. The fraction of sp³-hybridized carbons (Fsp3) is 0.190. The number of nitrogens with one attached hydrogen (secondary N) is 1. The number of hydrogen-bond acceptors (Lipinski definition) is 4. The molecule has 0 aliphatic heterocycles. The number of hydrogen-bond donors (Lipinski definition) is 1. The summed E-state index contributed by atoms with van der Waals surface area (Å²) in [5.74, 6) is 0.411. The average Bonchev–Trinajstić information content (AvgIpc) is 2.66. The monoisotopic (exact) mass is 363 g/mol. The summed E-state index contributed by atoms with van der Waals surface area (Å²) in [5.41, 5.74) is 2.98. The van der Waals surface area contributed by atoms with Crippen LogP contribution in [0, 0.1) is 6.92 Å². The molecule has 2 aromatic carbocycles. The van der Waals surface area contributed by atoms with Crippen molar-refractivity contribution in [3.05, 3.63) is 76.6 Å². The van der Waals surface area contributed by atoms with Gasteiger partial charge in [0.05, 0.1) is 12.3 Å². The second kappa shape index (κ2) is 8.31. The Morgan fingerprint density at radius 1 is 1.04 bits per heavy atom. The Labute approximate surface area is 157 Å². The molecule has 0 bridgehead atoms. The molecule has 6 heteroatoms. The minimum atomic E-state index is -0.326. The maximum absolute atomic E-state index is 12.3. The zero-order valence-electron chi connectivity index (χ0n) is 15.3. The summed E-state index contributed by atoms with van der Waals surface area (Å²) >= 11 is 0. The number of ether oxygens (including phenoxy) is 1. The van der Waals surface area contributed by atoms with E-state index in [0.717, 1.165) is 16.9 Å². The second-order valence-electron chi connectivity index (χ2n) is 6.09. The molecule has 3 rings (SSSR count). The van der Waals surface area contributed by atoms with Crippen LogP contribution in [0.25, 0.3) is 11.3 Å². The van der Waals surface area contributed by atoms with Crippen molar-refractivity contribution in [2.45, 2.75) is 20.4 Å². The van der Waals surface area contributed by atoms with E-state index in [1.54, 1.807) is 30.3 Å². The smallest absolute Gasteiger partial charge is 0.267 e. The van der Waals surface area contributed by atoms with E-state index in [1.807, 2.05) is 38.1 Å². The van der Waals surface area contributed by atoms with E-state index in [9.17, 15) is 9.59 Å². The predicted molar refractivity (Wildman–Crippen MR) is 105 cm³/mol. The molecule has 0 fully saturated rings. The van der Waals surface area contributed by atoms with Crippen LogP contribution in [-0.4, -0.2) is 22.3 Å². The molecule has 27 heavy (non-hydrogen) atoms. The molecular formula is C21H21N3O3. The zero-order chi connectivity index (χ0) is 19.2. The third kappa shape index (κ3) is 4.82. The highest BCUT2D eigenvalue weighted by Crippen LogP contribution is 2.17. The molecule has 0 unspecified atom stereocenters. The molecule has 0 radical (unpaired) electrons. The van der Waals surface area contributed by atoms with Crippen LogP contribution >= 0.6 is 0 Å². The van der Waals surface area contributed by atoms with E-state index in [0.29, 0.717) is 18.0 Å². The van der Waals surface area contributed by atoms with E-state index >= 15 is 0 Å². The lowest BCUT2D eigenvalue weighted by molar-refractivity contribution is -0.117. The maximum Gasteiger partial charge on any atom is 0.267 e. The maximum atomic E-state index is 12.3. The molecule has 0 saturated carbocycles. The highest BCUT2D eigenvalue weighted by molar-refractivity contribution is 5.90. The quantitative estimate of drug-likeness (QED) is 0.730. The first-order chi connectivity index (χ1) is 13.0. The lowest BCUT2D eigenvalue weighted by atomic mass is 10.1. The van der Waals surface area contributed by atoms with E-state index in [4.69, 9.17) is 4.74 Å². The van der Waals surface area contributed by atoms with Crippen LogP contribution in [0.5, 0.6) is 5.75 Å².